The lowest BCUT2D eigenvalue weighted by Crippen LogP contribution is -2.35. The van der Waals surface area contributed by atoms with Gasteiger partial charge in [0.25, 0.3) is 0 Å². The summed E-state index contributed by atoms with van der Waals surface area (Å²) < 4.78 is 2.08. The minimum absolute atomic E-state index is 0.462. The van der Waals surface area contributed by atoms with Gasteiger partial charge in [-0.15, -0.1) is 0 Å². The summed E-state index contributed by atoms with van der Waals surface area (Å²) in [4.78, 5) is 16.2. The molecule has 5 rings (SSSR count). The zero-order valence-corrected chi connectivity index (χ0v) is 14.9. The van der Waals surface area contributed by atoms with Crippen molar-refractivity contribution in [1.82, 2.24) is 24.7 Å². The molecule has 1 saturated heterocycles. The first-order valence-electron chi connectivity index (χ1n) is 9.30. The van der Waals surface area contributed by atoms with Gasteiger partial charge in [0.2, 0.25) is 0 Å². The summed E-state index contributed by atoms with van der Waals surface area (Å²) in [5.41, 5.74) is 1.96. The van der Waals surface area contributed by atoms with Crippen LogP contribution in [0.3, 0.4) is 0 Å². The lowest BCUT2D eigenvalue weighted by atomic mass is 10.0. The van der Waals surface area contributed by atoms with Crippen LogP contribution in [0.25, 0.3) is 22.3 Å². The van der Waals surface area contributed by atoms with Crippen LogP contribution in [0, 0.1) is 0 Å². The van der Waals surface area contributed by atoms with E-state index in [1.807, 2.05) is 30.5 Å². The average Bonchev–Trinajstić information content (AvgIpc) is 3.29. The molecule has 0 amide bonds. The van der Waals surface area contributed by atoms with Gasteiger partial charge in [0.1, 0.15) is 5.82 Å². The molecule has 6 nitrogen and oxygen atoms in total. The predicted octanol–water partition coefficient (Wildman–Crippen LogP) is 3.73. The molecule has 1 fully saturated rings. The first kappa shape index (κ1) is 15.9. The van der Waals surface area contributed by atoms with Crippen molar-refractivity contribution in [2.24, 2.45) is 0 Å². The van der Waals surface area contributed by atoms with Crippen LogP contribution in [-0.4, -0.2) is 37.8 Å². The summed E-state index contributed by atoms with van der Waals surface area (Å²) in [7, 11) is 0. The van der Waals surface area contributed by atoms with Crippen LogP contribution in [0.2, 0.25) is 0 Å². The second-order valence-electron chi connectivity index (χ2n) is 6.83. The monoisotopic (exact) mass is 356 g/mol. The molecule has 0 N–H and O–H groups in total. The third kappa shape index (κ3) is 3.03. The summed E-state index contributed by atoms with van der Waals surface area (Å²) in [6.45, 7) is 1.92. The quantitative estimate of drug-likeness (QED) is 0.560. The highest BCUT2D eigenvalue weighted by Gasteiger charge is 2.23. The molecule has 0 aliphatic carbocycles. The van der Waals surface area contributed by atoms with E-state index < -0.39 is 0 Å². The maximum absolute atomic E-state index is 4.95. The summed E-state index contributed by atoms with van der Waals surface area (Å²) >= 11 is 0. The SMILES string of the molecule is c1ccc2c(N3CCC(n4cccn4)CC3)nc(-c3ccncc3)nc2c1. The Morgan fingerprint density at radius 2 is 1.67 bits per heavy atom. The first-order chi connectivity index (χ1) is 13.4. The molecule has 134 valence electrons. The zero-order chi connectivity index (χ0) is 18.1. The highest BCUT2D eigenvalue weighted by Crippen LogP contribution is 2.31. The highest BCUT2D eigenvalue weighted by atomic mass is 15.3. The van der Waals surface area contributed by atoms with Crippen LogP contribution in [0.1, 0.15) is 18.9 Å². The van der Waals surface area contributed by atoms with Gasteiger partial charge in [-0.25, -0.2) is 9.97 Å². The van der Waals surface area contributed by atoms with E-state index in [4.69, 9.17) is 9.97 Å². The predicted molar refractivity (Wildman–Crippen MR) is 105 cm³/mol. The van der Waals surface area contributed by atoms with Crippen molar-refractivity contribution in [3.05, 3.63) is 67.3 Å². The number of nitrogens with zero attached hydrogens (tertiary/aromatic N) is 6. The Hall–Kier alpha value is -3.28. The smallest absolute Gasteiger partial charge is 0.162 e. The van der Waals surface area contributed by atoms with Crippen molar-refractivity contribution in [2.75, 3.05) is 18.0 Å². The van der Waals surface area contributed by atoms with E-state index in [0.29, 0.717) is 6.04 Å². The lowest BCUT2D eigenvalue weighted by molar-refractivity contribution is 0.366. The van der Waals surface area contributed by atoms with Gasteiger partial charge >= 0.3 is 0 Å². The number of hydrogen-bond acceptors (Lipinski definition) is 5. The molecule has 0 radical (unpaired) electrons. The standard InChI is InChI=1S/C21H20N6/c1-2-5-19-18(4-1)21(25-20(24-19)16-6-11-22-12-7-16)26-14-8-17(9-15-26)27-13-3-10-23-27/h1-7,10-13,17H,8-9,14-15H2. The Kier molecular flexibility index (Phi) is 4.01. The molecule has 4 aromatic rings. The fraction of sp³-hybridized carbons (Fsp3) is 0.238. The molecule has 0 bridgehead atoms. The third-order valence-electron chi connectivity index (χ3n) is 5.18. The van der Waals surface area contributed by atoms with Crippen LogP contribution in [-0.2, 0) is 0 Å². The van der Waals surface area contributed by atoms with Crippen molar-refractivity contribution in [2.45, 2.75) is 18.9 Å². The molecule has 0 unspecified atom stereocenters. The number of benzene rings is 1. The molecule has 3 aromatic heterocycles. The molecule has 1 aliphatic heterocycles. The van der Waals surface area contributed by atoms with Crippen LogP contribution in [0.4, 0.5) is 5.82 Å². The van der Waals surface area contributed by atoms with Gasteiger partial charge in [-0.2, -0.15) is 5.10 Å². The van der Waals surface area contributed by atoms with Gasteiger partial charge in [0.05, 0.1) is 11.6 Å². The van der Waals surface area contributed by atoms with Crippen LogP contribution < -0.4 is 4.90 Å². The van der Waals surface area contributed by atoms with Crippen LogP contribution in [0.5, 0.6) is 0 Å². The van der Waals surface area contributed by atoms with Gasteiger partial charge in [0.15, 0.2) is 5.82 Å². The summed E-state index contributed by atoms with van der Waals surface area (Å²) in [6.07, 6.45) is 9.59. The van der Waals surface area contributed by atoms with Crippen LogP contribution >= 0.6 is 0 Å². The van der Waals surface area contributed by atoms with Crippen molar-refractivity contribution >= 4 is 16.7 Å². The van der Waals surface area contributed by atoms with E-state index >= 15 is 0 Å². The van der Waals surface area contributed by atoms with Crippen molar-refractivity contribution in [3.8, 4) is 11.4 Å². The van der Waals surface area contributed by atoms with E-state index in [9.17, 15) is 0 Å². The molecule has 1 aliphatic rings. The molecule has 0 spiro atoms. The third-order valence-corrected chi connectivity index (χ3v) is 5.18. The van der Waals surface area contributed by atoms with Gasteiger partial charge in [-0.05, 0) is 43.2 Å². The van der Waals surface area contributed by atoms with Gasteiger partial charge in [0, 0.05) is 48.8 Å². The number of pyridine rings is 1. The number of piperidine rings is 1. The number of para-hydroxylation sites is 1. The highest BCUT2D eigenvalue weighted by molar-refractivity contribution is 5.91. The minimum Gasteiger partial charge on any atom is -0.356 e. The number of aromatic nitrogens is 5. The molecule has 6 heteroatoms. The largest absolute Gasteiger partial charge is 0.356 e. The molecule has 0 atom stereocenters. The topological polar surface area (TPSA) is 59.7 Å². The Morgan fingerprint density at radius 1 is 0.852 bits per heavy atom. The fourth-order valence-corrected chi connectivity index (χ4v) is 3.77. The second kappa shape index (κ2) is 6.79. The van der Waals surface area contributed by atoms with Crippen LogP contribution in [0.15, 0.2) is 67.3 Å². The number of rotatable bonds is 3. The fourth-order valence-electron chi connectivity index (χ4n) is 3.77. The van der Waals surface area contributed by atoms with E-state index in [1.54, 1.807) is 12.4 Å². The maximum atomic E-state index is 4.95. The van der Waals surface area contributed by atoms with Gasteiger partial charge in [-0.1, -0.05) is 12.1 Å². The van der Waals surface area contributed by atoms with Crippen molar-refractivity contribution < 1.29 is 0 Å². The summed E-state index contributed by atoms with van der Waals surface area (Å²) in [5.74, 6) is 1.77. The number of fused-ring (bicyclic) bond motifs is 1. The molecular weight excluding hydrogens is 336 g/mol. The Bertz CT molecular complexity index is 1040. The number of anilines is 1. The van der Waals surface area contributed by atoms with Crippen molar-refractivity contribution in [1.29, 1.82) is 0 Å². The molecule has 0 saturated carbocycles. The Morgan fingerprint density at radius 3 is 2.44 bits per heavy atom. The second-order valence-corrected chi connectivity index (χ2v) is 6.83. The number of hydrogen-bond donors (Lipinski definition) is 0. The van der Waals surface area contributed by atoms with E-state index in [2.05, 4.69) is 44.1 Å². The van der Waals surface area contributed by atoms with E-state index in [-0.39, 0.29) is 0 Å². The lowest BCUT2D eigenvalue weighted by Gasteiger charge is -2.33. The Balaban J connectivity index is 1.51. The van der Waals surface area contributed by atoms with E-state index in [0.717, 1.165) is 54.0 Å². The molecular formula is C21H20N6. The Labute approximate surface area is 157 Å². The maximum Gasteiger partial charge on any atom is 0.162 e. The zero-order valence-electron chi connectivity index (χ0n) is 14.9. The molecule has 1 aromatic carbocycles. The van der Waals surface area contributed by atoms with Gasteiger partial charge in [-0.3, -0.25) is 9.67 Å². The van der Waals surface area contributed by atoms with E-state index in [1.165, 1.54) is 0 Å². The summed E-state index contributed by atoms with van der Waals surface area (Å²) in [6, 6.07) is 14.6. The first-order valence-corrected chi connectivity index (χ1v) is 9.30. The molecule has 4 heterocycles. The normalized spacial score (nSPS) is 15.3. The van der Waals surface area contributed by atoms with Gasteiger partial charge < -0.3 is 4.90 Å². The minimum atomic E-state index is 0.462. The molecule has 27 heavy (non-hydrogen) atoms. The van der Waals surface area contributed by atoms with Crippen molar-refractivity contribution in [3.63, 3.8) is 0 Å². The summed E-state index contributed by atoms with van der Waals surface area (Å²) in [5, 5.41) is 5.51. The average molecular weight is 356 g/mol.